The van der Waals surface area contributed by atoms with Crippen LogP contribution in [0.15, 0.2) is 53.5 Å². The number of para-hydroxylation sites is 1. The van der Waals surface area contributed by atoms with Crippen molar-refractivity contribution in [2.75, 3.05) is 0 Å². The number of aliphatic hydroxyl groups excluding tert-OH is 1. The molecular formula is C17H12F3N6O-. The second kappa shape index (κ2) is 6.49. The Kier molecular flexibility index (Phi) is 4.13. The lowest BCUT2D eigenvalue weighted by Gasteiger charge is -2.14. The zero-order valence-electron chi connectivity index (χ0n) is 13.6. The molecule has 1 aliphatic heterocycles. The summed E-state index contributed by atoms with van der Waals surface area (Å²) in [7, 11) is 0. The SMILES string of the molecule is OC1[N-]C(=Nc2nc(-c3ccccc3C(F)(F)F)nc3ccccc23)NN1. The van der Waals surface area contributed by atoms with Crippen molar-refractivity contribution in [2.24, 2.45) is 4.99 Å². The van der Waals surface area contributed by atoms with Crippen molar-refractivity contribution in [1.82, 2.24) is 20.8 Å². The van der Waals surface area contributed by atoms with Gasteiger partial charge in [-0.3, -0.25) is 5.43 Å². The van der Waals surface area contributed by atoms with Crippen molar-refractivity contribution < 1.29 is 18.3 Å². The molecular weight excluding hydrogens is 361 g/mol. The molecule has 0 bridgehead atoms. The number of aliphatic imine (C=N–C) groups is 1. The molecule has 138 valence electrons. The number of fused-ring (bicyclic) bond motifs is 1. The van der Waals surface area contributed by atoms with Crippen LogP contribution in [0, 0.1) is 0 Å². The lowest BCUT2D eigenvalue weighted by atomic mass is 10.1. The van der Waals surface area contributed by atoms with Crippen LogP contribution in [0.1, 0.15) is 5.56 Å². The van der Waals surface area contributed by atoms with E-state index in [2.05, 4.69) is 31.1 Å². The van der Waals surface area contributed by atoms with Crippen LogP contribution in [0.4, 0.5) is 19.0 Å². The third kappa shape index (κ3) is 3.39. The topological polar surface area (TPSA) is 96.5 Å². The van der Waals surface area contributed by atoms with Gasteiger partial charge < -0.3 is 20.8 Å². The lowest BCUT2D eigenvalue weighted by Crippen LogP contribution is -2.31. The summed E-state index contributed by atoms with van der Waals surface area (Å²) in [6, 6.07) is 11.9. The Labute approximate surface area is 151 Å². The zero-order valence-corrected chi connectivity index (χ0v) is 13.6. The first-order valence-electron chi connectivity index (χ1n) is 7.84. The third-order valence-electron chi connectivity index (χ3n) is 3.83. The molecule has 1 saturated heterocycles. The highest BCUT2D eigenvalue weighted by Gasteiger charge is 2.34. The quantitative estimate of drug-likeness (QED) is 0.642. The lowest BCUT2D eigenvalue weighted by molar-refractivity contribution is -0.137. The number of nitrogens with one attached hydrogen (secondary N) is 2. The fraction of sp³-hybridized carbons (Fsp3) is 0.118. The van der Waals surface area contributed by atoms with E-state index in [0.29, 0.717) is 10.9 Å². The molecule has 1 unspecified atom stereocenters. The number of guanidine groups is 1. The molecule has 7 nitrogen and oxygen atoms in total. The maximum absolute atomic E-state index is 13.4. The first kappa shape index (κ1) is 17.2. The highest BCUT2D eigenvalue weighted by Crippen LogP contribution is 2.37. The summed E-state index contributed by atoms with van der Waals surface area (Å²) < 4.78 is 40.1. The summed E-state index contributed by atoms with van der Waals surface area (Å²) in [6.07, 6.45) is -5.71. The first-order chi connectivity index (χ1) is 12.9. The minimum Gasteiger partial charge on any atom is -0.382 e. The van der Waals surface area contributed by atoms with E-state index in [1.54, 1.807) is 24.3 Å². The Balaban J connectivity index is 1.92. The van der Waals surface area contributed by atoms with E-state index in [9.17, 15) is 18.3 Å². The Morgan fingerprint density at radius 3 is 2.52 bits per heavy atom. The smallest absolute Gasteiger partial charge is 0.382 e. The van der Waals surface area contributed by atoms with Crippen molar-refractivity contribution >= 4 is 22.7 Å². The highest BCUT2D eigenvalue weighted by atomic mass is 19.4. The van der Waals surface area contributed by atoms with E-state index in [4.69, 9.17) is 0 Å². The normalized spacial score (nSPS) is 18.5. The number of benzene rings is 2. The summed E-state index contributed by atoms with van der Waals surface area (Å²) in [5, 5.41) is 13.7. The summed E-state index contributed by atoms with van der Waals surface area (Å²) in [6.45, 7) is 0. The largest absolute Gasteiger partial charge is 0.417 e. The number of hydrogen-bond acceptors (Lipinski definition) is 5. The molecule has 1 aliphatic rings. The number of halogens is 3. The highest BCUT2D eigenvalue weighted by molar-refractivity contribution is 5.99. The van der Waals surface area contributed by atoms with Gasteiger partial charge in [-0.05, 0) is 12.1 Å². The molecule has 2 heterocycles. The molecule has 0 amide bonds. The Hall–Kier alpha value is -3.24. The second-order valence-corrected chi connectivity index (χ2v) is 5.64. The first-order valence-corrected chi connectivity index (χ1v) is 7.84. The molecule has 3 aromatic rings. The van der Waals surface area contributed by atoms with Gasteiger partial charge >= 0.3 is 6.18 Å². The van der Waals surface area contributed by atoms with Gasteiger partial charge in [-0.15, -0.1) is 0 Å². The molecule has 10 heteroatoms. The molecule has 1 atom stereocenters. The fourth-order valence-corrected chi connectivity index (χ4v) is 2.66. The molecule has 1 aromatic heterocycles. The van der Waals surface area contributed by atoms with Gasteiger partial charge in [-0.2, -0.15) is 13.2 Å². The Morgan fingerprint density at radius 2 is 1.78 bits per heavy atom. The van der Waals surface area contributed by atoms with Gasteiger partial charge in [0.15, 0.2) is 5.82 Å². The number of rotatable bonds is 2. The van der Waals surface area contributed by atoms with Gasteiger partial charge in [0, 0.05) is 16.9 Å². The molecule has 0 spiro atoms. The number of hydrogen-bond donors (Lipinski definition) is 3. The van der Waals surface area contributed by atoms with E-state index in [-0.39, 0.29) is 23.2 Å². The standard InChI is InChI=1S/C17H12F3N6O/c18-17(19,20)11-7-3-1-5-9(11)13-21-12-8-4-2-6-10(12)14(22-13)23-15-24-16(27)26-25-15/h1-8,16,26-27H,(H-,21,22,23,24,25)/q-1. The predicted octanol–water partition coefficient (Wildman–Crippen LogP) is 3.06. The molecule has 0 aliphatic carbocycles. The predicted molar refractivity (Wildman–Crippen MR) is 92.7 cm³/mol. The minimum absolute atomic E-state index is 0.0569. The van der Waals surface area contributed by atoms with Crippen LogP contribution in [0.2, 0.25) is 0 Å². The Morgan fingerprint density at radius 1 is 1.04 bits per heavy atom. The summed E-state index contributed by atoms with van der Waals surface area (Å²) in [5.74, 6) is 0.0867. The third-order valence-corrected chi connectivity index (χ3v) is 3.83. The fourth-order valence-electron chi connectivity index (χ4n) is 2.66. The summed E-state index contributed by atoms with van der Waals surface area (Å²) in [5.41, 5.74) is 4.44. The number of hydrazine groups is 1. The molecule has 0 radical (unpaired) electrons. The maximum Gasteiger partial charge on any atom is 0.417 e. The number of nitrogens with zero attached hydrogens (tertiary/aromatic N) is 4. The van der Waals surface area contributed by atoms with Crippen LogP contribution >= 0.6 is 0 Å². The average Bonchev–Trinajstić information content (AvgIpc) is 3.06. The van der Waals surface area contributed by atoms with Gasteiger partial charge in [0.2, 0.25) is 0 Å². The van der Waals surface area contributed by atoms with E-state index >= 15 is 0 Å². The zero-order chi connectivity index (χ0) is 19.0. The van der Waals surface area contributed by atoms with Crippen LogP contribution in [-0.4, -0.2) is 27.4 Å². The van der Waals surface area contributed by atoms with Crippen LogP contribution in [-0.2, 0) is 6.18 Å². The molecule has 2 aromatic carbocycles. The van der Waals surface area contributed by atoms with Crippen LogP contribution in [0.25, 0.3) is 27.6 Å². The van der Waals surface area contributed by atoms with Crippen molar-refractivity contribution in [3.05, 3.63) is 59.4 Å². The van der Waals surface area contributed by atoms with Crippen molar-refractivity contribution in [3.8, 4) is 11.4 Å². The van der Waals surface area contributed by atoms with Crippen LogP contribution < -0.4 is 10.9 Å². The van der Waals surface area contributed by atoms with Crippen LogP contribution in [0.3, 0.4) is 0 Å². The number of alkyl halides is 3. The molecule has 3 N–H and O–H groups in total. The summed E-state index contributed by atoms with van der Waals surface area (Å²) >= 11 is 0. The van der Waals surface area contributed by atoms with E-state index in [0.717, 1.165) is 6.07 Å². The molecule has 27 heavy (non-hydrogen) atoms. The van der Waals surface area contributed by atoms with Crippen molar-refractivity contribution in [1.29, 1.82) is 0 Å². The number of aromatic nitrogens is 2. The van der Waals surface area contributed by atoms with Crippen molar-refractivity contribution in [2.45, 2.75) is 12.5 Å². The summed E-state index contributed by atoms with van der Waals surface area (Å²) in [4.78, 5) is 12.7. The molecule has 4 rings (SSSR count). The molecule has 1 fully saturated rings. The van der Waals surface area contributed by atoms with Gasteiger partial charge in [-0.25, -0.2) is 9.97 Å². The molecule has 0 saturated carbocycles. The van der Waals surface area contributed by atoms with Gasteiger partial charge in [0.25, 0.3) is 0 Å². The van der Waals surface area contributed by atoms with Gasteiger partial charge in [0.05, 0.1) is 16.9 Å². The monoisotopic (exact) mass is 373 g/mol. The Bertz CT molecular complexity index is 1040. The average molecular weight is 373 g/mol. The van der Waals surface area contributed by atoms with E-state index in [1.807, 2.05) is 0 Å². The maximum atomic E-state index is 13.4. The van der Waals surface area contributed by atoms with Gasteiger partial charge in [-0.1, -0.05) is 36.4 Å². The van der Waals surface area contributed by atoms with Crippen molar-refractivity contribution in [3.63, 3.8) is 0 Å². The second-order valence-electron chi connectivity index (χ2n) is 5.64. The minimum atomic E-state index is -4.55. The van der Waals surface area contributed by atoms with E-state index < -0.39 is 18.1 Å². The van der Waals surface area contributed by atoms with E-state index in [1.165, 1.54) is 18.2 Å². The van der Waals surface area contributed by atoms with Crippen LogP contribution in [0.5, 0.6) is 0 Å². The number of aliphatic hydroxyl groups is 1. The van der Waals surface area contributed by atoms with Gasteiger partial charge in [0.1, 0.15) is 6.35 Å².